The van der Waals surface area contributed by atoms with Crippen molar-refractivity contribution in [2.45, 2.75) is 56.8 Å². The predicted molar refractivity (Wildman–Crippen MR) is 92.5 cm³/mol. The minimum Gasteiger partial charge on any atom is -0.465 e. The first kappa shape index (κ1) is 16.5. The Bertz CT molecular complexity index is 488. The first-order chi connectivity index (χ1) is 11.3. The standard InChI is InChI=1S/C20H29NO2/c22-19(23-17-9-16-21-14-7-2-8-15-21)20(12-5-6-13-20)18-10-3-1-4-11-18/h1,3-4,10-11H,2,5-9,12-17H2. The molecular formula is C20H29NO2. The molecule has 1 aliphatic heterocycles. The van der Waals surface area contributed by atoms with Crippen molar-refractivity contribution >= 4 is 5.97 Å². The zero-order valence-electron chi connectivity index (χ0n) is 14.1. The highest BCUT2D eigenvalue weighted by Crippen LogP contribution is 2.42. The summed E-state index contributed by atoms with van der Waals surface area (Å²) in [6, 6.07) is 10.2. The van der Waals surface area contributed by atoms with Gasteiger partial charge in [0.1, 0.15) is 0 Å². The smallest absolute Gasteiger partial charge is 0.316 e. The first-order valence-electron chi connectivity index (χ1n) is 9.26. The summed E-state index contributed by atoms with van der Waals surface area (Å²) in [5, 5.41) is 0. The van der Waals surface area contributed by atoms with E-state index in [2.05, 4.69) is 17.0 Å². The van der Waals surface area contributed by atoms with E-state index in [1.165, 1.54) is 32.4 Å². The third-order valence-corrected chi connectivity index (χ3v) is 5.47. The molecule has 2 fully saturated rings. The SMILES string of the molecule is O=C(OCCCN1CCCCC1)C1(c2ccccc2)CCCC1. The fraction of sp³-hybridized carbons (Fsp3) is 0.650. The van der Waals surface area contributed by atoms with Gasteiger partial charge in [-0.15, -0.1) is 0 Å². The van der Waals surface area contributed by atoms with Gasteiger partial charge in [-0.1, -0.05) is 49.6 Å². The number of piperidine rings is 1. The zero-order valence-corrected chi connectivity index (χ0v) is 14.1. The average molecular weight is 315 g/mol. The van der Waals surface area contributed by atoms with Crippen LogP contribution in [0.1, 0.15) is 56.9 Å². The van der Waals surface area contributed by atoms with Gasteiger partial charge in [-0.3, -0.25) is 4.79 Å². The van der Waals surface area contributed by atoms with Crippen molar-refractivity contribution in [3.05, 3.63) is 35.9 Å². The van der Waals surface area contributed by atoms with Crippen molar-refractivity contribution in [1.29, 1.82) is 0 Å². The van der Waals surface area contributed by atoms with Crippen molar-refractivity contribution in [2.75, 3.05) is 26.2 Å². The molecule has 1 saturated heterocycles. The minimum absolute atomic E-state index is 0.000144. The van der Waals surface area contributed by atoms with E-state index in [1.54, 1.807) is 0 Å². The van der Waals surface area contributed by atoms with Crippen LogP contribution in [0, 0.1) is 0 Å². The highest BCUT2D eigenvalue weighted by atomic mass is 16.5. The van der Waals surface area contributed by atoms with Crippen LogP contribution in [0.25, 0.3) is 0 Å². The van der Waals surface area contributed by atoms with Gasteiger partial charge in [-0.25, -0.2) is 0 Å². The minimum atomic E-state index is -0.383. The molecule has 0 unspecified atom stereocenters. The van der Waals surface area contributed by atoms with Gasteiger partial charge in [0, 0.05) is 6.54 Å². The molecule has 3 heteroatoms. The molecule has 2 aliphatic rings. The highest BCUT2D eigenvalue weighted by molar-refractivity contribution is 5.83. The molecule has 3 nitrogen and oxygen atoms in total. The zero-order chi connectivity index (χ0) is 16.0. The van der Waals surface area contributed by atoms with Gasteiger partial charge in [0.25, 0.3) is 0 Å². The average Bonchev–Trinajstić information content (AvgIpc) is 3.11. The second kappa shape index (κ2) is 7.96. The summed E-state index contributed by atoms with van der Waals surface area (Å²) in [6.07, 6.45) is 9.06. The second-order valence-electron chi connectivity index (χ2n) is 7.05. The lowest BCUT2D eigenvalue weighted by molar-refractivity contribution is -0.150. The quantitative estimate of drug-likeness (QED) is 0.589. The number of esters is 1. The molecular weight excluding hydrogens is 286 g/mol. The summed E-state index contributed by atoms with van der Waals surface area (Å²) in [4.78, 5) is 15.3. The maximum absolute atomic E-state index is 12.8. The Hall–Kier alpha value is -1.35. The molecule has 0 bridgehead atoms. The lowest BCUT2D eigenvalue weighted by Crippen LogP contribution is -2.35. The third kappa shape index (κ3) is 3.95. The van der Waals surface area contributed by atoms with Gasteiger partial charge in [0.2, 0.25) is 0 Å². The van der Waals surface area contributed by atoms with E-state index in [0.29, 0.717) is 6.61 Å². The Morgan fingerprint density at radius 3 is 2.39 bits per heavy atom. The highest BCUT2D eigenvalue weighted by Gasteiger charge is 2.43. The topological polar surface area (TPSA) is 29.5 Å². The number of hydrogen-bond acceptors (Lipinski definition) is 3. The van der Waals surface area contributed by atoms with Gasteiger partial charge < -0.3 is 9.64 Å². The number of carbonyl (C=O) groups is 1. The van der Waals surface area contributed by atoms with Gasteiger partial charge in [-0.2, -0.15) is 0 Å². The molecule has 1 heterocycles. The van der Waals surface area contributed by atoms with Crippen LogP contribution < -0.4 is 0 Å². The van der Waals surface area contributed by atoms with Gasteiger partial charge in [-0.05, 0) is 50.8 Å². The second-order valence-corrected chi connectivity index (χ2v) is 7.05. The van der Waals surface area contributed by atoms with E-state index in [1.807, 2.05) is 18.2 Å². The molecule has 0 atom stereocenters. The van der Waals surface area contributed by atoms with Crippen LogP contribution in [0.15, 0.2) is 30.3 Å². The normalized spacial score (nSPS) is 21.2. The summed E-state index contributed by atoms with van der Waals surface area (Å²) < 4.78 is 5.71. The fourth-order valence-corrected chi connectivity index (χ4v) is 4.12. The molecule has 0 spiro atoms. The number of benzene rings is 1. The van der Waals surface area contributed by atoms with Gasteiger partial charge in [0.05, 0.1) is 12.0 Å². The van der Waals surface area contributed by atoms with E-state index < -0.39 is 0 Å². The van der Waals surface area contributed by atoms with Gasteiger partial charge in [0.15, 0.2) is 0 Å². The van der Waals surface area contributed by atoms with Crippen LogP contribution >= 0.6 is 0 Å². The van der Waals surface area contributed by atoms with Crippen LogP contribution in [0.3, 0.4) is 0 Å². The molecule has 3 rings (SSSR count). The van der Waals surface area contributed by atoms with Crippen LogP contribution in [0.2, 0.25) is 0 Å². The number of ether oxygens (including phenoxy) is 1. The molecule has 0 radical (unpaired) electrons. The maximum atomic E-state index is 12.8. The van der Waals surface area contributed by atoms with Crippen molar-refractivity contribution in [2.24, 2.45) is 0 Å². The van der Waals surface area contributed by atoms with Crippen molar-refractivity contribution in [3.63, 3.8) is 0 Å². The Balaban J connectivity index is 1.51. The van der Waals surface area contributed by atoms with Crippen LogP contribution in [0.4, 0.5) is 0 Å². The summed E-state index contributed by atoms with van der Waals surface area (Å²) in [7, 11) is 0. The van der Waals surface area contributed by atoms with Crippen molar-refractivity contribution in [3.8, 4) is 0 Å². The number of rotatable bonds is 6. The van der Waals surface area contributed by atoms with Crippen molar-refractivity contribution < 1.29 is 9.53 Å². The molecule has 126 valence electrons. The monoisotopic (exact) mass is 315 g/mol. The number of hydrogen-bond donors (Lipinski definition) is 0. The molecule has 23 heavy (non-hydrogen) atoms. The fourth-order valence-electron chi connectivity index (χ4n) is 4.12. The van der Waals surface area contributed by atoms with E-state index in [4.69, 9.17) is 4.74 Å². The van der Waals surface area contributed by atoms with Crippen molar-refractivity contribution in [1.82, 2.24) is 4.90 Å². The summed E-state index contributed by atoms with van der Waals surface area (Å²) >= 11 is 0. The van der Waals surface area contributed by atoms with Gasteiger partial charge >= 0.3 is 5.97 Å². The van der Waals surface area contributed by atoms with E-state index in [-0.39, 0.29) is 11.4 Å². The van der Waals surface area contributed by atoms with Crippen LogP contribution in [-0.4, -0.2) is 37.1 Å². The molecule has 1 saturated carbocycles. The first-order valence-corrected chi connectivity index (χ1v) is 9.26. The summed E-state index contributed by atoms with van der Waals surface area (Å²) in [5.41, 5.74) is 0.755. The van der Waals surface area contributed by atoms with E-state index in [9.17, 15) is 4.79 Å². The number of nitrogens with zero attached hydrogens (tertiary/aromatic N) is 1. The molecule has 1 aromatic rings. The van der Waals surface area contributed by atoms with E-state index >= 15 is 0 Å². The predicted octanol–water partition coefficient (Wildman–Crippen LogP) is 3.92. The third-order valence-electron chi connectivity index (χ3n) is 5.47. The molecule has 1 aromatic carbocycles. The molecule has 0 N–H and O–H groups in total. The lowest BCUT2D eigenvalue weighted by Gasteiger charge is -2.28. The van der Waals surface area contributed by atoms with E-state index in [0.717, 1.165) is 44.2 Å². The molecule has 0 amide bonds. The number of likely N-dealkylation sites (tertiary alicyclic amines) is 1. The largest absolute Gasteiger partial charge is 0.465 e. The molecule has 1 aliphatic carbocycles. The Kier molecular flexibility index (Phi) is 5.71. The maximum Gasteiger partial charge on any atom is 0.316 e. The Morgan fingerprint density at radius 1 is 1.00 bits per heavy atom. The summed E-state index contributed by atoms with van der Waals surface area (Å²) in [6.45, 7) is 4.04. The van der Waals surface area contributed by atoms with Crippen LogP contribution in [0.5, 0.6) is 0 Å². The Labute approximate surface area is 140 Å². The van der Waals surface area contributed by atoms with Crippen LogP contribution in [-0.2, 0) is 14.9 Å². The molecule has 0 aromatic heterocycles. The summed E-state index contributed by atoms with van der Waals surface area (Å²) in [5.74, 6) is -0.000144. The number of carbonyl (C=O) groups excluding carboxylic acids is 1. The lowest BCUT2D eigenvalue weighted by atomic mass is 9.79. The Morgan fingerprint density at radius 2 is 1.70 bits per heavy atom.